The van der Waals surface area contributed by atoms with E-state index in [4.69, 9.17) is 8.22 Å². The van der Waals surface area contributed by atoms with Gasteiger partial charge in [-0.2, -0.15) is 0 Å². The number of hydrogen-bond donors (Lipinski definition) is 1. The molecule has 4 aromatic heterocycles. The molecule has 0 saturated heterocycles. The molecule has 14 heteroatoms. The highest BCUT2D eigenvalue weighted by molar-refractivity contribution is 5.75. The number of aliphatic hydroxyl groups is 1. The van der Waals surface area contributed by atoms with Crippen molar-refractivity contribution in [1.29, 1.82) is 0 Å². The molecule has 14 nitrogen and oxygen atoms in total. The number of unbranched alkanes of at least 4 members (excludes halogenated alkanes) is 2. The highest BCUT2D eigenvalue weighted by Gasteiger charge is 2.15. The van der Waals surface area contributed by atoms with Crippen molar-refractivity contribution in [1.82, 2.24) is 37.4 Å². The summed E-state index contributed by atoms with van der Waals surface area (Å²) in [7, 11) is 2.89. The third-order valence-electron chi connectivity index (χ3n) is 6.48. The number of carbonyl (C=O) groups excluding carboxylic acids is 1. The molecule has 0 spiro atoms. The Labute approximate surface area is 238 Å². The van der Waals surface area contributed by atoms with Gasteiger partial charge < -0.3 is 19.0 Å². The summed E-state index contributed by atoms with van der Waals surface area (Å²) in [5.74, 6) is 0.0428. The van der Waals surface area contributed by atoms with Crippen molar-refractivity contribution in [3.05, 3.63) is 54.3 Å². The van der Waals surface area contributed by atoms with Gasteiger partial charge in [0.1, 0.15) is 5.78 Å². The first kappa shape index (κ1) is 22.7. The molecule has 0 saturated carbocycles. The summed E-state index contributed by atoms with van der Waals surface area (Å²) >= 11 is 0. The van der Waals surface area contributed by atoms with Gasteiger partial charge in [-0.25, -0.2) is 19.6 Å². The number of fused-ring (bicyclic) bond motifs is 2. The van der Waals surface area contributed by atoms with Crippen LogP contribution in [-0.4, -0.2) is 54.4 Å². The lowest BCUT2D eigenvalue weighted by Gasteiger charge is -2.09. The van der Waals surface area contributed by atoms with Crippen molar-refractivity contribution < 1.29 is 18.1 Å². The first-order valence-corrected chi connectivity index (χ1v) is 12.8. The maximum atomic E-state index is 12.5. The molecule has 0 fully saturated rings. The normalized spacial score (nSPS) is 14.9. The number of aromatic nitrogens is 8. The fourth-order valence-corrected chi connectivity index (χ4v) is 4.29. The van der Waals surface area contributed by atoms with E-state index in [-0.39, 0.29) is 41.2 Å². The Morgan fingerprint density at radius 2 is 1.30 bits per heavy atom. The molecular weight excluding hydrogens is 520 g/mol. The monoisotopic (exact) mass is 564 g/mol. The molecule has 4 heterocycles. The van der Waals surface area contributed by atoms with Crippen molar-refractivity contribution in [2.75, 3.05) is 0 Å². The maximum absolute atomic E-state index is 12.5. The fourth-order valence-electron chi connectivity index (χ4n) is 4.29. The Kier molecular flexibility index (Phi) is 7.30. The van der Waals surface area contributed by atoms with E-state index in [1.807, 2.05) is 0 Å². The lowest BCUT2D eigenvalue weighted by atomic mass is 10.2. The van der Waals surface area contributed by atoms with Crippen LogP contribution in [0.15, 0.2) is 31.8 Å². The van der Waals surface area contributed by atoms with Gasteiger partial charge >= 0.3 is 11.4 Å². The van der Waals surface area contributed by atoms with E-state index in [0.717, 1.165) is 35.5 Å². The van der Waals surface area contributed by atoms with E-state index in [2.05, 4.69) is 9.97 Å². The number of aliphatic hydroxyl groups excluding tert-OH is 1. The van der Waals surface area contributed by atoms with E-state index < -0.39 is 42.6 Å². The average molecular weight is 565 g/mol. The van der Waals surface area contributed by atoms with E-state index in [1.54, 1.807) is 6.92 Å². The third kappa shape index (κ3) is 6.38. The number of rotatable bonds is 10. The van der Waals surface area contributed by atoms with Crippen LogP contribution >= 0.6 is 0 Å². The van der Waals surface area contributed by atoms with Crippen LogP contribution in [0.2, 0.25) is 0 Å². The van der Waals surface area contributed by atoms with Gasteiger partial charge in [-0.3, -0.25) is 27.9 Å². The summed E-state index contributed by atoms with van der Waals surface area (Å²) in [4.78, 5) is 68.3. The Hall–Kier alpha value is -4.07. The van der Waals surface area contributed by atoms with Crippen molar-refractivity contribution in [2.45, 2.75) is 71.6 Å². The number of aryl methyl sites for hydroxylation is 4. The lowest BCUT2D eigenvalue weighted by molar-refractivity contribution is -0.117. The first-order valence-electron chi connectivity index (χ1n) is 15.8. The zero-order valence-electron chi connectivity index (χ0n) is 29.0. The Morgan fingerprint density at radius 3 is 1.70 bits per heavy atom. The van der Waals surface area contributed by atoms with E-state index in [1.165, 1.54) is 25.6 Å². The van der Waals surface area contributed by atoms with Crippen LogP contribution in [0.25, 0.3) is 22.3 Å². The molecular formula is C26H38N8O6. The molecule has 0 aliphatic carbocycles. The summed E-state index contributed by atoms with van der Waals surface area (Å²) in [5, 5.41) is 9.23. The van der Waals surface area contributed by atoms with Gasteiger partial charge in [0.25, 0.3) is 11.1 Å². The number of Topliss-reactive ketones (excluding diaryl/α,β-unsaturated/α-hetero) is 1. The van der Waals surface area contributed by atoms with Gasteiger partial charge in [-0.1, -0.05) is 0 Å². The summed E-state index contributed by atoms with van der Waals surface area (Å²) < 4.78 is 50.8. The minimum atomic E-state index is -2.56. The highest BCUT2D eigenvalue weighted by atomic mass is 16.3. The second-order valence-electron chi connectivity index (χ2n) is 9.67. The molecule has 218 valence electrons. The predicted molar refractivity (Wildman–Crippen MR) is 150 cm³/mol. The third-order valence-corrected chi connectivity index (χ3v) is 6.48. The molecule has 40 heavy (non-hydrogen) atoms. The van der Waals surface area contributed by atoms with Crippen molar-refractivity contribution in [3.8, 4) is 0 Å². The number of imidazole rings is 2. The van der Waals surface area contributed by atoms with Crippen molar-refractivity contribution >= 4 is 28.1 Å². The van der Waals surface area contributed by atoms with Crippen molar-refractivity contribution in [3.63, 3.8) is 0 Å². The second kappa shape index (κ2) is 12.9. The molecule has 1 unspecified atom stereocenters. The van der Waals surface area contributed by atoms with E-state index in [0.29, 0.717) is 38.5 Å². The summed E-state index contributed by atoms with van der Waals surface area (Å²) in [6.45, 7) is -1.66. The zero-order valence-corrected chi connectivity index (χ0v) is 23.0. The number of carbonyl (C=O) groups is 1. The van der Waals surface area contributed by atoms with Crippen LogP contribution in [0.3, 0.4) is 0 Å². The van der Waals surface area contributed by atoms with Crippen LogP contribution in [-0.2, 0) is 45.9 Å². The minimum absolute atomic E-state index is 0.0381. The highest BCUT2D eigenvalue weighted by Crippen LogP contribution is 2.06. The van der Waals surface area contributed by atoms with Gasteiger partial charge in [-0.15, -0.1) is 0 Å². The van der Waals surface area contributed by atoms with Gasteiger partial charge in [0.15, 0.2) is 22.3 Å². The average Bonchev–Trinajstić information content (AvgIpc) is 3.60. The van der Waals surface area contributed by atoms with Crippen LogP contribution < -0.4 is 22.5 Å². The lowest BCUT2D eigenvalue weighted by Crippen LogP contribution is -2.39. The van der Waals surface area contributed by atoms with Crippen LogP contribution in [0, 0.1) is 0 Å². The van der Waals surface area contributed by atoms with Gasteiger partial charge in [-0.05, 0) is 46.0 Å². The molecule has 0 aliphatic heterocycles. The molecule has 0 radical (unpaired) electrons. The van der Waals surface area contributed by atoms with E-state index >= 15 is 0 Å². The van der Waals surface area contributed by atoms with Crippen LogP contribution in [0.5, 0.6) is 0 Å². The van der Waals surface area contributed by atoms with E-state index in [9.17, 15) is 29.1 Å². The molecule has 0 amide bonds. The molecule has 1 N–H and O–H groups in total. The molecule has 0 aromatic carbocycles. The van der Waals surface area contributed by atoms with Gasteiger partial charge in [0, 0.05) is 55.8 Å². The summed E-state index contributed by atoms with van der Waals surface area (Å²) in [5.41, 5.74) is -2.57. The quantitative estimate of drug-likeness (QED) is 0.267. The molecule has 4 rings (SSSR count). The Bertz CT molecular complexity index is 1960. The summed E-state index contributed by atoms with van der Waals surface area (Å²) in [6, 6.07) is 0. The number of hydrogen-bond acceptors (Lipinski definition) is 8. The molecule has 1 atom stereocenters. The van der Waals surface area contributed by atoms with Crippen LogP contribution in [0.4, 0.5) is 0 Å². The maximum Gasteiger partial charge on any atom is 0.332 e. The minimum Gasteiger partial charge on any atom is -0.393 e. The van der Waals surface area contributed by atoms with Gasteiger partial charge in [0.2, 0.25) is 0 Å². The summed E-state index contributed by atoms with van der Waals surface area (Å²) in [6.07, 6.45) is 4.83. The number of ketones is 1. The SMILES string of the molecule is [2H]C([2H])([2H])n1cnc2c1c(=O)n(CCCCC(C)=O)c(=O)n2C.[2H]C([2H])([2H])n1cnc2c1c(=O)n(CCCCC(C)O)c(=O)n2C. The molecule has 0 bridgehead atoms. The molecule has 0 aliphatic rings. The largest absolute Gasteiger partial charge is 0.393 e. The van der Waals surface area contributed by atoms with Crippen LogP contribution in [0.1, 0.15) is 60.6 Å². The smallest absolute Gasteiger partial charge is 0.332 e. The standard InChI is InChI=1S/C13H20N4O3.C13H18N4O3/c2*1-9(18)6-4-5-7-17-12(19)10-11(14-8-15(10)2)16(3)13(17)20/h8-9,18H,4-7H2,1-3H3;8H,4-7H2,1-3H3/i2*2D3. The van der Waals surface area contributed by atoms with Crippen molar-refractivity contribution in [2.24, 2.45) is 28.0 Å². The topological polar surface area (TPSA) is 161 Å². The second-order valence-corrected chi connectivity index (χ2v) is 9.67. The van der Waals surface area contributed by atoms with Gasteiger partial charge in [0.05, 0.1) is 18.8 Å². The predicted octanol–water partition coefficient (Wildman–Crippen LogP) is 0.178. The Morgan fingerprint density at radius 1 is 0.850 bits per heavy atom. The first-order chi connectivity index (χ1) is 21.3. The Balaban J connectivity index is 0.000000250. The fraction of sp³-hybridized carbons (Fsp3) is 0.577. The zero-order chi connectivity index (χ0) is 34.7. The number of nitrogens with zero attached hydrogens (tertiary/aromatic N) is 8. The molecule has 4 aromatic rings.